The Morgan fingerprint density at radius 3 is 2.28 bits per heavy atom. The maximum Gasteiger partial charge on any atom is 0.265 e. The van der Waals surface area contributed by atoms with Crippen LogP contribution in [0.4, 0.5) is 5.69 Å². The normalized spacial score (nSPS) is 11.1. The molecule has 1 amide bonds. The number of pyridine rings is 2. The first-order valence-corrected chi connectivity index (χ1v) is 12.9. The van der Waals surface area contributed by atoms with E-state index >= 15 is 0 Å². The second-order valence-corrected chi connectivity index (χ2v) is 10.1. The Kier molecular flexibility index (Phi) is 7.32. The topological polar surface area (TPSA) is 94.2 Å². The Labute approximate surface area is 237 Å². The van der Waals surface area contributed by atoms with Crippen molar-refractivity contribution in [2.75, 3.05) is 5.32 Å². The Morgan fingerprint density at radius 1 is 0.949 bits per heavy atom. The Balaban J connectivity index is 1.96. The van der Waals surface area contributed by atoms with Crippen LogP contribution in [0.15, 0.2) is 76.1 Å². The molecule has 0 saturated carbocycles. The molecule has 5 aromatic rings. The van der Waals surface area contributed by atoms with Crippen LogP contribution in [-0.2, 0) is 11.3 Å². The van der Waals surface area contributed by atoms with Crippen molar-refractivity contribution in [3.63, 3.8) is 0 Å². The van der Waals surface area contributed by atoms with Gasteiger partial charge in [-0.1, -0.05) is 46.9 Å². The van der Waals surface area contributed by atoms with Gasteiger partial charge < -0.3 is 9.73 Å². The highest BCUT2D eigenvalue weighted by atomic mass is 35.5. The minimum absolute atomic E-state index is 0.00401. The third kappa shape index (κ3) is 5.21. The fourth-order valence-corrected chi connectivity index (χ4v) is 5.06. The molecule has 10 heteroatoms. The molecule has 0 aliphatic carbocycles. The van der Waals surface area contributed by atoms with Gasteiger partial charge >= 0.3 is 0 Å². The number of amides is 1. The van der Waals surface area contributed by atoms with E-state index in [0.29, 0.717) is 43.0 Å². The largest absolute Gasteiger partial charge is 0.467 e. The highest BCUT2D eigenvalue weighted by Crippen LogP contribution is 2.40. The van der Waals surface area contributed by atoms with E-state index < -0.39 is 17.2 Å². The van der Waals surface area contributed by atoms with Crippen molar-refractivity contribution in [1.29, 1.82) is 0 Å². The molecule has 7 nitrogen and oxygen atoms in total. The van der Waals surface area contributed by atoms with Gasteiger partial charge in [0.05, 0.1) is 29.2 Å². The van der Waals surface area contributed by atoms with Crippen LogP contribution >= 0.6 is 34.8 Å². The molecule has 0 bridgehead atoms. The number of benzene rings is 2. The molecule has 0 saturated heterocycles. The molecule has 3 heterocycles. The number of ketones is 1. The first-order valence-electron chi connectivity index (χ1n) is 11.8. The van der Waals surface area contributed by atoms with Gasteiger partial charge in [0.1, 0.15) is 17.0 Å². The van der Waals surface area contributed by atoms with Gasteiger partial charge in [-0.25, -0.2) is 4.98 Å². The number of Topliss-reactive ketones (excluding diaryl/α,β-unsaturated/α-hetero) is 1. The Bertz CT molecular complexity index is 1810. The van der Waals surface area contributed by atoms with Gasteiger partial charge in [-0.15, -0.1) is 0 Å². The molecule has 0 aliphatic rings. The van der Waals surface area contributed by atoms with E-state index in [1.165, 1.54) is 24.7 Å². The number of aromatic nitrogens is 2. The number of furan rings is 1. The van der Waals surface area contributed by atoms with E-state index in [0.717, 1.165) is 5.56 Å². The summed E-state index contributed by atoms with van der Waals surface area (Å²) >= 11 is 18.9. The second kappa shape index (κ2) is 10.7. The summed E-state index contributed by atoms with van der Waals surface area (Å²) in [4.78, 5) is 43.7. The lowest BCUT2D eigenvalue weighted by atomic mass is 9.96. The van der Waals surface area contributed by atoms with Gasteiger partial charge in [0.25, 0.3) is 5.56 Å². The third-order valence-electron chi connectivity index (χ3n) is 6.13. The average Bonchev–Trinajstić information content (AvgIpc) is 3.39. The average molecular weight is 581 g/mol. The first-order chi connectivity index (χ1) is 18.6. The number of carbonyl (C=O) groups excluding carboxylic acids is 2. The number of halogens is 3. The van der Waals surface area contributed by atoms with Crippen LogP contribution in [0.1, 0.15) is 30.0 Å². The van der Waals surface area contributed by atoms with Crippen molar-refractivity contribution in [1.82, 2.24) is 9.55 Å². The van der Waals surface area contributed by atoms with E-state index in [2.05, 4.69) is 5.32 Å². The van der Waals surface area contributed by atoms with Crippen molar-refractivity contribution in [2.45, 2.75) is 20.4 Å². The van der Waals surface area contributed by atoms with Crippen LogP contribution in [-0.4, -0.2) is 21.2 Å². The monoisotopic (exact) mass is 579 g/mol. The molecule has 196 valence electrons. The Morgan fingerprint density at radius 2 is 1.67 bits per heavy atom. The van der Waals surface area contributed by atoms with E-state index in [1.54, 1.807) is 48.5 Å². The quantitative estimate of drug-likeness (QED) is 0.210. The zero-order chi connectivity index (χ0) is 27.8. The smallest absolute Gasteiger partial charge is 0.265 e. The summed E-state index contributed by atoms with van der Waals surface area (Å²) in [5.41, 5.74) is 1.95. The lowest BCUT2D eigenvalue weighted by Crippen LogP contribution is -2.29. The number of carbonyl (C=O) groups is 2. The van der Waals surface area contributed by atoms with E-state index in [-0.39, 0.29) is 23.4 Å². The zero-order valence-corrected chi connectivity index (χ0v) is 23.0. The maximum absolute atomic E-state index is 13.8. The molecule has 0 aliphatic heterocycles. The van der Waals surface area contributed by atoms with E-state index in [4.69, 9.17) is 44.2 Å². The third-order valence-corrected chi connectivity index (χ3v) is 6.92. The molecule has 3 aromatic heterocycles. The summed E-state index contributed by atoms with van der Waals surface area (Å²) < 4.78 is 6.85. The molecule has 0 unspecified atom stereocenters. The molecule has 0 fully saturated rings. The maximum atomic E-state index is 13.8. The predicted octanol–water partition coefficient (Wildman–Crippen LogP) is 7.49. The van der Waals surface area contributed by atoms with Crippen LogP contribution in [0.2, 0.25) is 15.1 Å². The van der Waals surface area contributed by atoms with Gasteiger partial charge in [-0.05, 0) is 61.0 Å². The fraction of sp³-hybridized carbons (Fsp3) is 0.103. The lowest BCUT2D eigenvalue weighted by Gasteiger charge is -2.19. The summed E-state index contributed by atoms with van der Waals surface area (Å²) in [5.74, 6) is -0.466. The lowest BCUT2D eigenvalue weighted by molar-refractivity contribution is -0.114. The minimum Gasteiger partial charge on any atom is -0.467 e. The summed E-state index contributed by atoms with van der Waals surface area (Å²) in [6.07, 6.45) is 1.49. The van der Waals surface area contributed by atoms with Crippen molar-refractivity contribution >= 4 is 63.2 Å². The summed E-state index contributed by atoms with van der Waals surface area (Å²) in [6, 6.07) is 17.4. The van der Waals surface area contributed by atoms with Crippen molar-refractivity contribution in [2.24, 2.45) is 0 Å². The predicted molar refractivity (Wildman–Crippen MR) is 154 cm³/mol. The molecule has 0 radical (unpaired) electrons. The number of nitrogens with zero attached hydrogens (tertiary/aromatic N) is 2. The number of fused-ring (bicyclic) bond motifs is 1. The zero-order valence-electron chi connectivity index (χ0n) is 20.7. The number of hydrogen-bond acceptors (Lipinski definition) is 5. The van der Waals surface area contributed by atoms with Crippen LogP contribution in [0, 0.1) is 0 Å². The minimum atomic E-state index is -0.616. The number of nitrogens with one attached hydrogen (secondary N) is 1. The SMILES string of the molecule is CC(=O)Nc1c(C(C)=O)c(=O)n(Cc2ccco2)c2nc(-c3ccc(Cl)cc3Cl)c(-c3ccc(Cl)cc3)cc12. The number of anilines is 1. The molecule has 39 heavy (non-hydrogen) atoms. The highest BCUT2D eigenvalue weighted by Gasteiger charge is 2.25. The van der Waals surface area contributed by atoms with Crippen molar-refractivity contribution in [3.8, 4) is 22.4 Å². The van der Waals surface area contributed by atoms with E-state index in [1.807, 2.05) is 12.1 Å². The van der Waals surface area contributed by atoms with Crippen LogP contribution in [0.5, 0.6) is 0 Å². The molecule has 2 aromatic carbocycles. The van der Waals surface area contributed by atoms with Crippen LogP contribution in [0.3, 0.4) is 0 Å². The number of rotatable bonds is 6. The standard InChI is InChI=1S/C29H20Cl3N3O4/c1-15(36)25-27(33-16(2)37)23-13-22(17-5-7-18(30)8-6-17)26(21-10-9-19(31)12-24(21)32)34-28(23)35(29(25)38)14-20-4-3-11-39-20/h3-13H,14H2,1-2H3,(H,33,37). The fourth-order valence-electron chi connectivity index (χ4n) is 4.44. The van der Waals surface area contributed by atoms with Gasteiger partial charge in [0.2, 0.25) is 5.91 Å². The highest BCUT2D eigenvalue weighted by molar-refractivity contribution is 6.36. The second-order valence-electron chi connectivity index (χ2n) is 8.84. The van der Waals surface area contributed by atoms with Crippen LogP contribution in [0.25, 0.3) is 33.4 Å². The van der Waals surface area contributed by atoms with Crippen molar-refractivity contribution < 1.29 is 14.0 Å². The van der Waals surface area contributed by atoms with Gasteiger partial charge in [-0.2, -0.15) is 0 Å². The molecule has 1 N–H and O–H groups in total. The van der Waals surface area contributed by atoms with Gasteiger partial charge in [0.15, 0.2) is 5.78 Å². The number of hydrogen-bond donors (Lipinski definition) is 1. The van der Waals surface area contributed by atoms with Crippen LogP contribution < -0.4 is 10.9 Å². The molecule has 0 spiro atoms. The molecule has 5 rings (SSSR count). The molecule has 0 atom stereocenters. The summed E-state index contributed by atoms with van der Waals surface area (Å²) in [6.45, 7) is 2.59. The molecular weight excluding hydrogens is 561 g/mol. The van der Waals surface area contributed by atoms with E-state index in [9.17, 15) is 14.4 Å². The summed E-state index contributed by atoms with van der Waals surface area (Å²) in [5, 5.41) is 4.43. The van der Waals surface area contributed by atoms with Gasteiger partial charge in [0, 0.05) is 33.5 Å². The molecular formula is C29H20Cl3N3O4. The first kappa shape index (κ1) is 26.7. The Hall–Kier alpha value is -3.91. The summed E-state index contributed by atoms with van der Waals surface area (Å²) in [7, 11) is 0. The van der Waals surface area contributed by atoms with Gasteiger partial charge in [-0.3, -0.25) is 19.0 Å². The van der Waals surface area contributed by atoms with Crippen molar-refractivity contribution in [3.05, 3.63) is 104 Å².